The molecular formula is C33H41N3O7S. The summed E-state index contributed by atoms with van der Waals surface area (Å²) >= 11 is 0.967. The van der Waals surface area contributed by atoms with E-state index in [1.165, 1.54) is 6.07 Å². The number of ether oxygens (including phenoxy) is 3. The van der Waals surface area contributed by atoms with Gasteiger partial charge in [0.1, 0.15) is 22.6 Å². The number of aromatic hydroxyl groups is 1. The summed E-state index contributed by atoms with van der Waals surface area (Å²) in [5, 5.41) is 24.1. The number of aromatic nitrogens is 1. The number of aliphatic hydroxyl groups is 1. The van der Waals surface area contributed by atoms with Crippen molar-refractivity contribution in [1.82, 2.24) is 15.2 Å². The average Bonchev–Trinajstić information content (AvgIpc) is 3.38. The number of nitrogens with one attached hydrogen (secondary N) is 2. The van der Waals surface area contributed by atoms with Crippen LogP contribution in [0, 0.1) is 0 Å². The minimum absolute atomic E-state index is 0.0201. The summed E-state index contributed by atoms with van der Waals surface area (Å²) in [6.07, 6.45) is 0.0606. The van der Waals surface area contributed by atoms with Crippen molar-refractivity contribution in [3.63, 3.8) is 0 Å². The number of phenols is 1. The zero-order chi connectivity index (χ0) is 31.7. The number of fused-ring (bicyclic) bond motifs is 1. The van der Waals surface area contributed by atoms with E-state index in [0.717, 1.165) is 33.8 Å². The number of aliphatic hydroxyl groups excluding tert-OH is 1. The molecule has 0 aliphatic carbocycles. The van der Waals surface area contributed by atoms with Gasteiger partial charge in [-0.15, -0.1) is 0 Å². The van der Waals surface area contributed by atoms with Gasteiger partial charge in [-0.3, -0.25) is 4.79 Å². The van der Waals surface area contributed by atoms with E-state index in [0.29, 0.717) is 48.3 Å². The highest BCUT2D eigenvalue weighted by molar-refractivity contribution is 7.16. The molecule has 0 saturated carbocycles. The minimum atomic E-state index is -0.844. The zero-order valence-corrected chi connectivity index (χ0v) is 26.4. The van der Waals surface area contributed by atoms with Crippen LogP contribution in [0.1, 0.15) is 49.1 Å². The topological polar surface area (TPSA) is 133 Å². The normalized spacial score (nSPS) is 12.3. The Bertz CT molecular complexity index is 1590. The monoisotopic (exact) mass is 623 g/mol. The highest BCUT2D eigenvalue weighted by Gasteiger charge is 2.23. The number of amides is 1. The summed E-state index contributed by atoms with van der Waals surface area (Å²) in [6.45, 7) is 7.42. The molecule has 1 aromatic heterocycles. The Morgan fingerprint density at radius 2 is 1.84 bits per heavy atom. The Morgan fingerprint density at radius 1 is 1.07 bits per heavy atom. The third-order valence-corrected chi connectivity index (χ3v) is 7.78. The Hall–Kier alpha value is -3.90. The van der Waals surface area contributed by atoms with Crippen LogP contribution in [-0.4, -0.2) is 65.3 Å². The Labute approximate surface area is 261 Å². The Balaban J connectivity index is 1.37. The maximum atomic E-state index is 13.2. The maximum absolute atomic E-state index is 13.2. The quantitative estimate of drug-likeness (QED) is 0.112. The fourth-order valence-electron chi connectivity index (χ4n) is 4.78. The molecule has 11 heteroatoms. The van der Waals surface area contributed by atoms with Crippen LogP contribution >= 0.6 is 11.3 Å². The van der Waals surface area contributed by atoms with Crippen molar-refractivity contribution in [1.29, 1.82) is 0 Å². The van der Waals surface area contributed by atoms with Crippen molar-refractivity contribution in [2.24, 2.45) is 0 Å². The first-order valence-corrected chi connectivity index (χ1v) is 15.3. The molecule has 4 aromatic rings. The van der Waals surface area contributed by atoms with E-state index >= 15 is 0 Å². The lowest BCUT2D eigenvalue weighted by Crippen LogP contribution is -2.37. The van der Waals surface area contributed by atoms with Gasteiger partial charge in [-0.05, 0) is 69.0 Å². The SMILES string of the molecule is COCOc1ccccc1CCN(Cc1cccc(CCNC[C@@H](O)c2ccc(O)c3[nH]c(=O)sc23)c1)C(=O)OC(C)(C)C. The molecule has 44 heavy (non-hydrogen) atoms. The number of thiazole rings is 1. The second kappa shape index (κ2) is 15.2. The second-order valence-corrected chi connectivity index (χ2v) is 12.5. The van der Waals surface area contributed by atoms with E-state index in [-0.39, 0.29) is 30.1 Å². The summed E-state index contributed by atoms with van der Waals surface area (Å²) in [5.74, 6) is 0.699. The number of nitrogens with zero attached hydrogens (tertiary/aromatic N) is 1. The van der Waals surface area contributed by atoms with Gasteiger partial charge in [0.15, 0.2) is 6.79 Å². The summed E-state index contributed by atoms with van der Waals surface area (Å²) in [5.41, 5.74) is 3.34. The molecule has 10 nitrogen and oxygen atoms in total. The molecule has 4 N–H and O–H groups in total. The molecule has 0 aliphatic rings. The van der Waals surface area contributed by atoms with Gasteiger partial charge >= 0.3 is 11.0 Å². The smallest absolute Gasteiger partial charge is 0.410 e. The lowest BCUT2D eigenvalue weighted by atomic mass is 10.1. The number of aromatic amines is 1. The lowest BCUT2D eigenvalue weighted by Gasteiger charge is -2.28. The van der Waals surface area contributed by atoms with Crippen LogP contribution in [0.5, 0.6) is 11.5 Å². The highest BCUT2D eigenvalue weighted by Crippen LogP contribution is 2.31. The average molecular weight is 624 g/mol. The van der Waals surface area contributed by atoms with Gasteiger partial charge in [0.2, 0.25) is 0 Å². The first kappa shape index (κ1) is 33.0. The van der Waals surface area contributed by atoms with Gasteiger partial charge in [-0.1, -0.05) is 59.9 Å². The van der Waals surface area contributed by atoms with Gasteiger partial charge in [-0.25, -0.2) is 4.79 Å². The number of hydrogen-bond acceptors (Lipinski definition) is 9. The molecule has 3 aromatic carbocycles. The Morgan fingerprint density at radius 3 is 2.61 bits per heavy atom. The van der Waals surface area contributed by atoms with Crippen molar-refractivity contribution in [2.75, 3.05) is 33.5 Å². The number of carbonyl (C=O) groups excluding carboxylic acids is 1. The van der Waals surface area contributed by atoms with Gasteiger partial charge in [0, 0.05) is 32.3 Å². The molecule has 0 radical (unpaired) electrons. The molecule has 0 aliphatic heterocycles. The number of benzene rings is 3. The van der Waals surface area contributed by atoms with Crippen LogP contribution in [-0.2, 0) is 28.9 Å². The number of phenolic OH excluding ortho intramolecular Hbond substituents is 1. The van der Waals surface area contributed by atoms with Crippen molar-refractivity contribution in [3.05, 3.63) is 92.6 Å². The number of carbonyl (C=O) groups is 1. The van der Waals surface area contributed by atoms with Gasteiger partial charge < -0.3 is 39.6 Å². The lowest BCUT2D eigenvalue weighted by molar-refractivity contribution is 0.0233. The molecule has 1 heterocycles. The zero-order valence-electron chi connectivity index (χ0n) is 25.6. The molecule has 0 spiro atoms. The fourth-order valence-corrected chi connectivity index (χ4v) is 5.70. The highest BCUT2D eigenvalue weighted by atomic mass is 32.1. The van der Waals surface area contributed by atoms with Crippen LogP contribution in [0.25, 0.3) is 10.2 Å². The van der Waals surface area contributed by atoms with E-state index < -0.39 is 11.7 Å². The third kappa shape index (κ3) is 9.30. The van der Waals surface area contributed by atoms with Crippen LogP contribution in [0.3, 0.4) is 0 Å². The number of methoxy groups -OCH3 is 1. The fraction of sp³-hybridized carbons (Fsp3) is 0.394. The van der Waals surface area contributed by atoms with E-state index in [2.05, 4.69) is 16.4 Å². The number of hydrogen-bond donors (Lipinski definition) is 4. The number of para-hydroxylation sites is 1. The van der Waals surface area contributed by atoms with Crippen LogP contribution < -0.4 is 14.9 Å². The van der Waals surface area contributed by atoms with Gasteiger partial charge in [0.25, 0.3) is 0 Å². The molecule has 0 saturated heterocycles. The summed E-state index contributed by atoms with van der Waals surface area (Å²) < 4.78 is 17.0. The standard InChI is InChI=1S/C33H41N3O7S/c1-33(2,3)43-32(40)36(17-15-24-10-5-6-11-28(24)42-21-41-4)20-23-9-7-8-22(18-23)14-16-34-19-27(38)25-12-13-26(37)29-30(25)44-31(39)35-29/h5-13,18,27,34,37-38H,14-17,19-21H2,1-4H3,(H,35,39)/t27-/m1/s1. The van der Waals surface area contributed by atoms with Gasteiger partial charge in [0.05, 0.1) is 10.8 Å². The van der Waals surface area contributed by atoms with E-state index in [9.17, 15) is 19.8 Å². The van der Waals surface area contributed by atoms with Crippen LogP contribution in [0.4, 0.5) is 4.79 Å². The van der Waals surface area contributed by atoms with E-state index in [4.69, 9.17) is 14.2 Å². The van der Waals surface area contributed by atoms with Crippen molar-refractivity contribution in [3.8, 4) is 11.5 Å². The number of rotatable bonds is 14. The van der Waals surface area contributed by atoms with Gasteiger partial charge in [-0.2, -0.15) is 0 Å². The second-order valence-electron chi connectivity index (χ2n) is 11.5. The Kier molecular flexibility index (Phi) is 11.4. The van der Waals surface area contributed by atoms with Crippen molar-refractivity contribution < 1.29 is 29.2 Å². The largest absolute Gasteiger partial charge is 0.506 e. The first-order chi connectivity index (χ1) is 21.0. The molecule has 0 fully saturated rings. The van der Waals surface area contributed by atoms with Crippen molar-refractivity contribution in [2.45, 2.75) is 51.9 Å². The molecule has 1 amide bonds. The molecule has 0 unspecified atom stereocenters. The summed E-state index contributed by atoms with van der Waals surface area (Å²) in [6, 6.07) is 18.9. The summed E-state index contributed by atoms with van der Waals surface area (Å²) in [7, 11) is 1.57. The molecule has 0 bridgehead atoms. The molecule has 4 rings (SSSR count). The predicted octanol–water partition coefficient (Wildman–Crippen LogP) is 5.12. The third-order valence-electron chi connectivity index (χ3n) is 6.85. The van der Waals surface area contributed by atoms with Crippen molar-refractivity contribution >= 4 is 27.6 Å². The van der Waals surface area contributed by atoms with Crippen LogP contribution in [0.2, 0.25) is 0 Å². The maximum Gasteiger partial charge on any atom is 0.410 e. The first-order valence-electron chi connectivity index (χ1n) is 14.5. The molecule has 1 atom stereocenters. The molecular weight excluding hydrogens is 582 g/mol. The molecule has 236 valence electrons. The van der Waals surface area contributed by atoms with E-state index in [1.807, 2.05) is 63.2 Å². The number of H-pyrrole nitrogens is 1. The van der Waals surface area contributed by atoms with E-state index in [1.54, 1.807) is 18.1 Å². The summed E-state index contributed by atoms with van der Waals surface area (Å²) in [4.78, 5) is 29.0. The predicted molar refractivity (Wildman–Crippen MR) is 171 cm³/mol. The minimum Gasteiger partial charge on any atom is -0.506 e. The van der Waals surface area contributed by atoms with Crippen LogP contribution in [0.15, 0.2) is 65.5 Å².